The van der Waals surface area contributed by atoms with Crippen molar-refractivity contribution >= 4 is 5.78 Å². The first kappa shape index (κ1) is 10.9. The molecule has 0 aromatic carbocycles. The highest BCUT2D eigenvalue weighted by atomic mass is 16.1. The van der Waals surface area contributed by atoms with Gasteiger partial charge in [0.1, 0.15) is 5.78 Å². The fourth-order valence-electron chi connectivity index (χ4n) is 3.18. The molecule has 0 N–H and O–H groups in total. The Hall–Kier alpha value is -1.22. The standard InChI is InChI=1S/C14H18N2O/c1-10-3-2-6-15-14(10)9-16-11-4-5-12(16)8-13(17)7-11/h2-3,6,11-12H,4-5,7-9H2,1H3. The molecule has 2 unspecified atom stereocenters. The lowest BCUT2D eigenvalue weighted by Gasteiger charge is -2.33. The summed E-state index contributed by atoms with van der Waals surface area (Å²) in [7, 11) is 0. The van der Waals surface area contributed by atoms with Gasteiger partial charge in [-0.05, 0) is 31.4 Å². The van der Waals surface area contributed by atoms with Crippen LogP contribution in [0, 0.1) is 6.92 Å². The van der Waals surface area contributed by atoms with E-state index in [9.17, 15) is 4.79 Å². The average Bonchev–Trinajstić information content (AvgIpc) is 2.56. The molecule has 90 valence electrons. The minimum atomic E-state index is 0.450. The molecule has 0 spiro atoms. The third-order valence-electron chi connectivity index (χ3n) is 4.15. The van der Waals surface area contributed by atoms with Crippen molar-refractivity contribution < 1.29 is 4.79 Å². The topological polar surface area (TPSA) is 33.2 Å². The van der Waals surface area contributed by atoms with E-state index in [1.54, 1.807) is 0 Å². The van der Waals surface area contributed by atoms with E-state index < -0.39 is 0 Å². The number of nitrogens with zero attached hydrogens (tertiary/aromatic N) is 2. The van der Waals surface area contributed by atoms with Crippen molar-refractivity contribution in [1.82, 2.24) is 9.88 Å². The summed E-state index contributed by atoms with van der Waals surface area (Å²) >= 11 is 0. The van der Waals surface area contributed by atoms with Gasteiger partial charge < -0.3 is 0 Å². The predicted octanol–water partition coefficient (Wildman–Crippen LogP) is 2.09. The first-order chi connectivity index (χ1) is 8.24. The molecule has 1 aromatic heterocycles. The Balaban J connectivity index is 1.79. The molecule has 2 bridgehead atoms. The van der Waals surface area contributed by atoms with E-state index in [-0.39, 0.29) is 0 Å². The van der Waals surface area contributed by atoms with Gasteiger partial charge in [-0.25, -0.2) is 0 Å². The predicted molar refractivity (Wildman–Crippen MR) is 65.6 cm³/mol. The van der Waals surface area contributed by atoms with Crippen LogP contribution in [0.3, 0.4) is 0 Å². The smallest absolute Gasteiger partial charge is 0.136 e. The highest BCUT2D eigenvalue weighted by Gasteiger charge is 2.40. The van der Waals surface area contributed by atoms with Gasteiger partial charge in [0.15, 0.2) is 0 Å². The summed E-state index contributed by atoms with van der Waals surface area (Å²) < 4.78 is 0. The minimum absolute atomic E-state index is 0.450. The SMILES string of the molecule is Cc1cccnc1CN1C2CCC1CC(=O)C2. The Kier molecular flexibility index (Phi) is 2.71. The molecule has 2 fully saturated rings. The Labute approximate surface area is 102 Å². The van der Waals surface area contributed by atoms with Crippen LogP contribution in [0.1, 0.15) is 36.9 Å². The zero-order valence-electron chi connectivity index (χ0n) is 10.2. The van der Waals surface area contributed by atoms with E-state index in [0.29, 0.717) is 17.9 Å². The molecule has 2 saturated heterocycles. The molecule has 0 amide bonds. The molecule has 17 heavy (non-hydrogen) atoms. The lowest BCUT2D eigenvalue weighted by Crippen LogP contribution is -2.42. The summed E-state index contributed by atoms with van der Waals surface area (Å²) in [5.41, 5.74) is 2.42. The molecular weight excluding hydrogens is 212 g/mol. The lowest BCUT2D eigenvalue weighted by atomic mass is 10.0. The van der Waals surface area contributed by atoms with Crippen LogP contribution < -0.4 is 0 Å². The van der Waals surface area contributed by atoms with Gasteiger partial charge >= 0.3 is 0 Å². The van der Waals surface area contributed by atoms with Gasteiger partial charge in [0, 0.05) is 37.7 Å². The maximum atomic E-state index is 11.5. The Morgan fingerprint density at radius 3 is 2.71 bits per heavy atom. The molecule has 2 atom stereocenters. The number of Topliss-reactive ketones (excluding diaryl/α,β-unsaturated/α-hetero) is 1. The monoisotopic (exact) mass is 230 g/mol. The van der Waals surface area contributed by atoms with E-state index in [0.717, 1.165) is 19.4 Å². The van der Waals surface area contributed by atoms with Gasteiger partial charge in [0.05, 0.1) is 5.69 Å². The van der Waals surface area contributed by atoms with Crippen molar-refractivity contribution in [2.45, 2.75) is 51.2 Å². The molecule has 3 nitrogen and oxygen atoms in total. The third kappa shape index (κ3) is 2.00. The summed E-state index contributed by atoms with van der Waals surface area (Å²) in [5, 5.41) is 0. The lowest BCUT2D eigenvalue weighted by molar-refractivity contribution is -0.123. The number of carbonyl (C=O) groups is 1. The van der Waals surface area contributed by atoms with Crippen molar-refractivity contribution in [2.75, 3.05) is 0 Å². The van der Waals surface area contributed by atoms with Gasteiger partial charge in [-0.2, -0.15) is 0 Å². The van der Waals surface area contributed by atoms with E-state index in [1.165, 1.54) is 24.1 Å². The van der Waals surface area contributed by atoms with Crippen molar-refractivity contribution in [3.05, 3.63) is 29.6 Å². The van der Waals surface area contributed by atoms with Crippen LogP contribution in [0.15, 0.2) is 18.3 Å². The second-order valence-electron chi connectivity index (χ2n) is 5.27. The summed E-state index contributed by atoms with van der Waals surface area (Å²) in [6, 6.07) is 5.04. The highest BCUT2D eigenvalue weighted by molar-refractivity contribution is 5.80. The summed E-state index contributed by atoms with van der Waals surface area (Å²) in [6.07, 6.45) is 5.73. The first-order valence-corrected chi connectivity index (χ1v) is 6.42. The van der Waals surface area contributed by atoms with Gasteiger partial charge in [-0.3, -0.25) is 14.7 Å². The van der Waals surface area contributed by atoms with Crippen LogP contribution >= 0.6 is 0 Å². The first-order valence-electron chi connectivity index (χ1n) is 6.42. The Bertz CT molecular complexity index is 428. The summed E-state index contributed by atoms with van der Waals surface area (Å²) in [4.78, 5) is 18.5. The minimum Gasteiger partial charge on any atom is -0.300 e. The largest absolute Gasteiger partial charge is 0.300 e. The number of piperidine rings is 1. The molecule has 3 heteroatoms. The number of ketones is 1. The molecule has 3 heterocycles. The van der Waals surface area contributed by atoms with E-state index in [1.807, 2.05) is 12.3 Å². The molecular formula is C14H18N2O. The zero-order valence-corrected chi connectivity index (χ0v) is 10.2. The van der Waals surface area contributed by atoms with Crippen molar-refractivity contribution in [3.8, 4) is 0 Å². The highest BCUT2D eigenvalue weighted by Crippen LogP contribution is 2.35. The van der Waals surface area contributed by atoms with Crippen molar-refractivity contribution in [2.24, 2.45) is 0 Å². The van der Waals surface area contributed by atoms with Crippen molar-refractivity contribution in [3.63, 3.8) is 0 Å². The fourth-order valence-corrected chi connectivity index (χ4v) is 3.18. The van der Waals surface area contributed by atoms with Crippen LogP contribution in [0.25, 0.3) is 0 Å². The number of aryl methyl sites for hydroxylation is 1. The quantitative estimate of drug-likeness (QED) is 0.780. The van der Waals surface area contributed by atoms with Crippen molar-refractivity contribution in [1.29, 1.82) is 0 Å². The number of carbonyl (C=O) groups excluding carboxylic acids is 1. The Morgan fingerprint density at radius 2 is 2.06 bits per heavy atom. The number of fused-ring (bicyclic) bond motifs is 2. The molecule has 3 rings (SSSR count). The van der Waals surface area contributed by atoms with Gasteiger partial charge in [-0.15, -0.1) is 0 Å². The van der Waals surface area contributed by atoms with Crippen LogP contribution in [-0.4, -0.2) is 27.8 Å². The zero-order chi connectivity index (χ0) is 11.8. The number of aromatic nitrogens is 1. The Morgan fingerprint density at radius 1 is 1.35 bits per heavy atom. The number of pyridine rings is 1. The number of hydrogen-bond acceptors (Lipinski definition) is 3. The number of hydrogen-bond donors (Lipinski definition) is 0. The van der Waals surface area contributed by atoms with Gasteiger partial charge in [-0.1, -0.05) is 6.07 Å². The second-order valence-corrected chi connectivity index (χ2v) is 5.27. The van der Waals surface area contributed by atoms with E-state index in [2.05, 4.69) is 22.9 Å². The summed E-state index contributed by atoms with van der Waals surface area (Å²) in [5.74, 6) is 0.450. The maximum Gasteiger partial charge on any atom is 0.136 e. The van der Waals surface area contributed by atoms with Gasteiger partial charge in [0.2, 0.25) is 0 Å². The molecule has 2 aliphatic rings. The van der Waals surface area contributed by atoms with Crippen LogP contribution in [0.5, 0.6) is 0 Å². The second kappa shape index (κ2) is 4.22. The molecule has 0 aliphatic carbocycles. The summed E-state index contributed by atoms with van der Waals surface area (Å²) in [6.45, 7) is 3.02. The van der Waals surface area contributed by atoms with Crippen LogP contribution in [0.2, 0.25) is 0 Å². The number of rotatable bonds is 2. The average molecular weight is 230 g/mol. The van der Waals surface area contributed by atoms with E-state index in [4.69, 9.17) is 0 Å². The molecule has 0 saturated carbocycles. The fraction of sp³-hybridized carbons (Fsp3) is 0.571. The molecule has 1 aromatic rings. The van der Waals surface area contributed by atoms with Crippen LogP contribution in [-0.2, 0) is 11.3 Å². The maximum absolute atomic E-state index is 11.5. The molecule has 2 aliphatic heterocycles. The normalized spacial score (nSPS) is 28.6. The molecule has 0 radical (unpaired) electrons. The van der Waals surface area contributed by atoms with Crippen LogP contribution in [0.4, 0.5) is 0 Å². The third-order valence-corrected chi connectivity index (χ3v) is 4.15. The van der Waals surface area contributed by atoms with E-state index >= 15 is 0 Å². The van der Waals surface area contributed by atoms with Gasteiger partial charge in [0.25, 0.3) is 0 Å².